The summed E-state index contributed by atoms with van der Waals surface area (Å²) in [7, 11) is 0. The molecule has 120 valence electrons. The third-order valence-electron chi connectivity index (χ3n) is 4.67. The van der Waals surface area contributed by atoms with E-state index in [1.807, 2.05) is 12.1 Å². The molecule has 4 heteroatoms. The minimum atomic E-state index is -0.172. The number of halogens is 1. The molecule has 1 unspecified atom stereocenters. The summed E-state index contributed by atoms with van der Waals surface area (Å²) in [5.74, 6) is 0.656. The first-order chi connectivity index (χ1) is 10.7. The van der Waals surface area contributed by atoms with E-state index in [4.69, 9.17) is 0 Å². The van der Waals surface area contributed by atoms with E-state index in [2.05, 4.69) is 10.2 Å². The average molecular weight is 304 g/mol. The topological polar surface area (TPSA) is 32.3 Å². The molecule has 1 N–H and O–H groups in total. The highest BCUT2D eigenvalue weighted by molar-refractivity contribution is 5.78. The Hall–Kier alpha value is -1.42. The molecule has 1 aromatic carbocycles. The smallest absolute Gasteiger partial charge is 0.234 e. The molecule has 1 amide bonds. The van der Waals surface area contributed by atoms with E-state index in [0.29, 0.717) is 18.5 Å². The minimum Gasteiger partial charge on any atom is -0.352 e. The van der Waals surface area contributed by atoms with Gasteiger partial charge in [-0.2, -0.15) is 0 Å². The lowest BCUT2D eigenvalue weighted by molar-refractivity contribution is -0.122. The fourth-order valence-corrected chi connectivity index (χ4v) is 3.26. The summed E-state index contributed by atoms with van der Waals surface area (Å²) in [4.78, 5) is 14.2. The number of rotatable bonds is 6. The first-order valence-corrected chi connectivity index (χ1v) is 8.45. The van der Waals surface area contributed by atoms with Gasteiger partial charge < -0.3 is 5.32 Å². The van der Waals surface area contributed by atoms with Gasteiger partial charge in [0.05, 0.1) is 6.54 Å². The van der Waals surface area contributed by atoms with E-state index in [1.54, 1.807) is 0 Å². The van der Waals surface area contributed by atoms with Crippen molar-refractivity contribution in [3.8, 4) is 0 Å². The first kappa shape index (κ1) is 15.5. The second kappa shape index (κ2) is 7.23. The third-order valence-corrected chi connectivity index (χ3v) is 4.67. The SMILES string of the molecule is O=C(CN1CCCC(CCc2ccc(F)cc2)C1)NC1CC1. The Bertz CT molecular complexity index is 498. The van der Waals surface area contributed by atoms with Crippen molar-refractivity contribution in [2.45, 2.75) is 44.6 Å². The summed E-state index contributed by atoms with van der Waals surface area (Å²) >= 11 is 0. The molecule has 1 aromatic rings. The monoisotopic (exact) mass is 304 g/mol. The van der Waals surface area contributed by atoms with Crippen molar-refractivity contribution in [3.63, 3.8) is 0 Å². The van der Waals surface area contributed by atoms with Crippen molar-refractivity contribution in [1.82, 2.24) is 10.2 Å². The van der Waals surface area contributed by atoms with Crippen molar-refractivity contribution >= 4 is 5.91 Å². The molecule has 2 aliphatic rings. The van der Waals surface area contributed by atoms with Gasteiger partial charge in [0, 0.05) is 12.6 Å². The van der Waals surface area contributed by atoms with Gasteiger partial charge in [-0.05, 0) is 68.7 Å². The predicted octanol–water partition coefficient (Wildman–Crippen LogP) is 2.75. The van der Waals surface area contributed by atoms with Crippen molar-refractivity contribution in [2.75, 3.05) is 19.6 Å². The second-order valence-electron chi connectivity index (χ2n) is 6.75. The Morgan fingerprint density at radius 1 is 1.23 bits per heavy atom. The van der Waals surface area contributed by atoms with Crippen LogP contribution < -0.4 is 5.32 Å². The van der Waals surface area contributed by atoms with E-state index in [-0.39, 0.29) is 11.7 Å². The van der Waals surface area contributed by atoms with Crippen LogP contribution in [0.25, 0.3) is 0 Å². The lowest BCUT2D eigenvalue weighted by Gasteiger charge is -2.32. The molecule has 0 spiro atoms. The highest BCUT2D eigenvalue weighted by atomic mass is 19.1. The van der Waals surface area contributed by atoms with Gasteiger partial charge in [-0.1, -0.05) is 12.1 Å². The zero-order valence-corrected chi connectivity index (χ0v) is 13.1. The molecule has 1 saturated carbocycles. The molecule has 1 atom stereocenters. The number of benzene rings is 1. The molecular formula is C18H25FN2O. The van der Waals surface area contributed by atoms with Gasteiger partial charge in [0.2, 0.25) is 5.91 Å². The number of nitrogens with one attached hydrogen (secondary N) is 1. The van der Waals surface area contributed by atoms with Gasteiger partial charge in [-0.15, -0.1) is 0 Å². The fourth-order valence-electron chi connectivity index (χ4n) is 3.26. The number of hydrogen-bond acceptors (Lipinski definition) is 2. The van der Waals surface area contributed by atoms with E-state index < -0.39 is 0 Å². The number of carbonyl (C=O) groups is 1. The molecule has 1 saturated heterocycles. The predicted molar refractivity (Wildman–Crippen MR) is 85.0 cm³/mol. The van der Waals surface area contributed by atoms with Gasteiger partial charge in [0.15, 0.2) is 0 Å². The van der Waals surface area contributed by atoms with Crippen molar-refractivity contribution in [2.24, 2.45) is 5.92 Å². The fraction of sp³-hybridized carbons (Fsp3) is 0.611. The quantitative estimate of drug-likeness (QED) is 0.876. The summed E-state index contributed by atoms with van der Waals surface area (Å²) in [6.45, 7) is 2.59. The number of piperidine rings is 1. The van der Waals surface area contributed by atoms with Crippen LogP contribution in [0, 0.1) is 11.7 Å². The van der Waals surface area contributed by atoms with Crippen LogP contribution in [0.5, 0.6) is 0 Å². The standard InChI is InChI=1S/C18H25FN2O/c19-16-7-5-14(6-8-16)3-4-15-2-1-11-21(12-15)13-18(22)20-17-9-10-17/h5-8,15,17H,1-4,9-13H2,(H,20,22). The number of aryl methyl sites for hydroxylation is 1. The highest BCUT2D eigenvalue weighted by Gasteiger charge is 2.26. The molecule has 1 aliphatic carbocycles. The molecular weight excluding hydrogens is 279 g/mol. The zero-order chi connectivity index (χ0) is 15.4. The molecule has 1 heterocycles. The van der Waals surface area contributed by atoms with Crippen molar-refractivity contribution < 1.29 is 9.18 Å². The van der Waals surface area contributed by atoms with Crippen LogP contribution >= 0.6 is 0 Å². The van der Waals surface area contributed by atoms with Gasteiger partial charge in [0.1, 0.15) is 5.82 Å². The maximum Gasteiger partial charge on any atom is 0.234 e. The van der Waals surface area contributed by atoms with Gasteiger partial charge in [-0.25, -0.2) is 4.39 Å². The third kappa shape index (κ3) is 4.80. The van der Waals surface area contributed by atoms with Crippen LogP contribution in [-0.4, -0.2) is 36.5 Å². The Morgan fingerprint density at radius 3 is 2.73 bits per heavy atom. The van der Waals surface area contributed by atoms with E-state index in [0.717, 1.165) is 38.8 Å². The van der Waals surface area contributed by atoms with Crippen molar-refractivity contribution in [1.29, 1.82) is 0 Å². The number of likely N-dealkylation sites (tertiary alicyclic amines) is 1. The van der Waals surface area contributed by atoms with Crippen LogP contribution in [0.1, 0.15) is 37.7 Å². The highest BCUT2D eigenvalue weighted by Crippen LogP contribution is 2.22. The summed E-state index contributed by atoms with van der Waals surface area (Å²) < 4.78 is 12.9. The van der Waals surface area contributed by atoms with Crippen LogP contribution in [0.2, 0.25) is 0 Å². The summed E-state index contributed by atoms with van der Waals surface area (Å²) in [5.41, 5.74) is 1.20. The van der Waals surface area contributed by atoms with Crippen LogP contribution in [0.15, 0.2) is 24.3 Å². The number of amides is 1. The lowest BCUT2D eigenvalue weighted by atomic mass is 9.91. The molecule has 22 heavy (non-hydrogen) atoms. The molecule has 3 nitrogen and oxygen atoms in total. The number of hydrogen-bond donors (Lipinski definition) is 1. The molecule has 0 bridgehead atoms. The Morgan fingerprint density at radius 2 is 2.00 bits per heavy atom. The average Bonchev–Trinajstić information content (AvgIpc) is 3.31. The molecule has 1 aliphatic heterocycles. The zero-order valence-electron chi connectivity index (χ0n) is 13.1. The number of nitrogens with zero attached hydrogens (tertiary/aromatic N) is 1. The first-order valence-electron chi connectivity index (χ1n) is 8.45. The van der Waals surface area contributed by atoms with Gasteiger partial charge >= 0.3 is 0 Å². The van der Waals surface area contributed by atoms with Crippen LogP contribution in [0.3, 0.4) is 0 Å². The van der Waals surface area contributed by atoms with Gasteiger partial charge in [-0.3, -0.25) is 9.69 Å². The van der Waals surface area contributed by atoms with E-state index in [1.165, 1.54) is 30.5 Å². The summed E-state index contributed by atoms with van der Waals surface area (Å²) in [5, 5.41) is 3.06. The summed E-state index contributed by atoms with van der Waals surface area (Å²) in [6.07, 6.45) is 6.81. The Labute approximate surface area is 131 Å². The maximum atomic E-state index is 12.9. The largest absolute Gasteiger partial charge is 0.352 e. The van der Waals surface area contributed by atoms with E-state index in [9.17, 15) is 9.18 Å². The molecule has 3 rings (SSSR count). The Kier molecular flexibility index (Phi) is 5.08. The van der Waals surface area contributed by atoms with E-state index >= 15 is 0 Å². The second-order valence-corrected chi connectivity index (χ2v) is 6.75. The van der Waals surface area contributed by atoms with Crippen molar-refractivity contribution in [3.05, 3.63) is 35.6 Å². The lowest BCUT2D eigenvalue weighted by Crippen LogP contribution is -2.43. The maximum absolute atomic E-state index is 12.9. The number of carbonyl (C=O) groups excluding carboxylic acids is 1. The van der Waals surface area contributed by atoms with Gasteiger partial charge in [0.25, 0.3) is 0 Å². The van der Waals surface area contributed by atoms with Crippen LogP contribution in [-0.2, 0) is 11.2 Å². The van der Waals surface area contributed by atoms with Crippen LogP contribution in [0.4, 0.5) is 4.39 Å². The minimum absolute atomic E-state index is 0.172. The molecule has 0 aromatic heterocycles. The summed E-state index contributed by atoms with van der Waals surface area (Å²) in [6, 6.07) is 7.26. The normalized spacial score (nSPS) is 22.5. The molecule has 2 fully saturated rings. The Balaban J connectivity index is 1.41. The molecule has 0 radical (unpaired) electrons.